The van der Waals surface area contributed by atoms with Gasteiger partial charge < -0.3 is 55.6 Å². The van der Waals surface area contributed by atoms with Crippen LogP contribution in [0.4, 0.5) is 10.3 Å². The van der Waals surface area contributed by atoms with E-state index in [2.05, 4.69) is 156 Å². The maximum atomic E-state index is 12.9. The van der Waals surface area contributed by atoms with Gasteiger partial charge in [-0.3, -0.25) is 34.5 Å². The Kier molecular flexibility index (Phi) is 29.0. The van der Waals surface area contributed by atoms with E-state index in [1.165, 1.54) is 22.7 Å². The highest BCUT2D eigenvalue weighted by Crippen LogP contribution is 2.39. The predicted molar refractivity (Wildman–Crippen MR) is 426 cm³/mol. The van der Waals surface area contributed by atoms with Crippen molar-refractivity contribution in [3.8, 4) is 71.3 Å². The monoisotopic (exact) mass is 1630 g/mol. The molecule has 0 radical (unpaired) electrons. The molecule has 0 unspecified atom stereocenters. The lowest BCUT2D eigenvalue weighted by Crippen LogP contribution is -2.41. The summed E-state index contributed by atoms with van der Waals surface area (Å²) >= 11 is 9.50. The van der Waals surface area contributed by atoms with E-state index in [9.17, 15) is 24.0 Å². The first kappa shape index (κ1) is 82.1. The highest BCUT2D eigenvalue weighted by atomic mass is 79.9. The first-order chi connectivity index (χ1) is 51.1. The number of amides is 4. The Labute approximate surface area is 649 Å². The second-order valence-electron chi connectivity index (χ2n) is 26.0. The van der Waals surface area contributed by atoms with Gasteiger partial charge in [0.25, 0.3) is 11.8 Å². The number of ether oxygens (including phenoxy) is 3. The topological polar surface area (TPSA) is 376 Å². The van der Waals surface area contributed by atoms with E-state index < -0.39 is 5.97 Å². The normalized spacial score (nSPS) is 16.2. The number of nitrogens with one attached hydrogen (secondary N) is 7. The third kappa shape index (κ3) is 22.1. The summed E-state index contributed by atoms with van der Waals surface area (Å²) in [5.74, 6) is 17.5. The number of halogens is 2. The molecule has 8 aromatic heterocycles. The minimum Gasteiger partial charge on any atom is -0.477 e. The third-order valence-electron chi connectivity index (χ3n) is 17.7. The molecule has 2 aromatic carbocycles. The Morgan fingerprint density at radius 1 is 0.546 bits per heavy atom. The number of nitrogens with two attached hydrogens (primary N) is 1. The van der Waals surface area contributed by atoms with Gasteiger partial charge in [-0.05, 0) is 225 Å². The molecule has 0 spiro atoms. The molecule has 32 heteroatoms. The summed E-state index contributed by atoms with van der Waals surface area (Å²) in [6.07, 6.45) is 23.9. The number of aromatic carboxylic acids is 1. The molecule has 2 saturated carbocycles. The molecule has 6 aliphatic rings. The first-order valence-electron chi connectivity index (χ1n) is 34.0. The van der Waals surface area contributed by atoms with E-state index >= 15 is 0 Å². The van der Waals surface area contributed by atoms with Crippen LogP contribution in [0.3, 0.4) is 0 Å². The van der Waals surface area contributed by atoms with Crippen LogP contribution in [0.2, 0.25) is 0 Å². The van der Waals surface area contributed by atoms with Gasteiger partial charge in [-0.15, -0.1) is 12.8 Å². The van der Waals surface area contributed by atoms with E-state index in [-0.39, 0.29) is 86.4 Å². The average Bonchev–Trinajstić information content (AvgIpc) is 1.62. The number of carbonyl (C=O) groups excluding carboxylic acids is 4. The minimum absolute atomic E-state index is 0. The molecule has 27 nitrogen and oxygen atoms in total. The molecule has 6 fully saturated rings. The minimum atomic E-state index is -1.04. The number of nitrogens with zero attached hydrogens (tertiary/aromatic N) is 8. The van der Waals surface area contributed by atoms with E-state index in [0.29, 0.717) is 81.8 Å². The third-order valence-corrected chi connectivity index (χ3v) is 20.4. The zero-order valence-electron chi connectivity index (χ0n) is 58.1. The lowest BCUT2D eigenvalue weighted by Gasteiger charge is -2.32. The summed E-state index contributed by atoms with van der Waals surface area (Å²) in [6.45, 7) is 12.6. The van der Waals surface area contributed by atoms with Crippen LogP contribution in [-0.4, -0.2) is 166 Å². The Balaban J connectivity index is 0.000000159. The van der Waals surface area contributed by atoms with Crippen LogP contribution < -0.4 is 32.5 Å². The fraction of sp³-hybridized carbons (Fsp3) is 0.382. The molecule has 560 valence electrons. The van der Waals surface area contributed by atoms with Gasteiger partial charge >= 0.3 is 13.1 Å². The van der Waals surface area contributed by atoms with Crippen molar-refractivity contribution in [1.29, 1.82) is 0 Å². The van der Waals surface area contributed by atoms with Crippen LogP contribution >= 0.6 is 54.5 Å². The fourth-order valence-corrected chi connectivity index (χ4v) is 13.3. The molecule has 4 saturated heterocycles. The van der Waals surface area contributed by atoms with Gasteiger partial charge in [-0.1, -0.05) is 49.7 Å². The van der Waals surface area contributed by atoms with Crippen molar-refractivity contribution >= 4 is 161 Å². The van der Waals surface area contributed by atoms with Crippen molar-refractivity contribution < 1.29 is 52.6 Å². The average molecular weight is 1630 g/mol. The zero-order chi connectivity index (χ0) is 74.9. The number of benzene rings is 2. The molecule has 10 N–H and O–H groups in total. The van der Waals surface area contributed by atoms with Crippen molar-refractivity contribution in [2.75, 3.05) is 50.3 Å². The van der Waals surface area contributed by atoms with Crippen molar-refractivity contribution in [2.24, 2.45) is 17.6 Å². The highest BCUT2D eigenvalue weighted by Gasteiger charge is 2.52. The van der Waals surface area contributed by atoms with Crippen molar-refractivity contribution in [3.63, 3.8) is 0 Å². The Morgan fingerprint density at radius 3 is 1.39 bits per heavy atom. The van der Waals surface area contributed by atoms with E-state index in [1.54, 1.807) is 24.7 Å². The van der Waals surface area contributed by atoms with E-state index in [1.807, 2.05) is 76.2 Å². The molecule has 4 amide bonds. The quantitative estimate of drug-likeness (QED) is 0.0429. The summed E-state index contributed by atoms with van der Waals surface area (Å²) in [7, 11) is -0.383. The van der Waals surface area contributed by atoms with Gasteiger partial charge in [-0.25, -0.2) is 29.7 Å². The zero-order valence-corrected chi connectivity index (χ0v) is 62.9. The molecular formula is C76H81BBr2N16O11S2. The van der Waals surface area contributed by atoms with Crippen LogP contribution in [0.1, 0.15) is 138 Å². The number of thiazole rings is 2. The second kappa shape index (κ2) is 38.2. The molecule has 2 aliphatic carbocycles. The lowest BCUT2D eigenvalue weighted by atomic mass is 9.79. The van der Waals surface area contributed by atoms with Crippen molar-refractivity contribution in [1.82, 2.24) is 66.1 Å². The predicted octanol–water partition coefficient (Wildman–Crippen LogP) is 11.1. The smallest absolute Gasteiger partial charge is 0.477 e. The van der Waals surface area contributed by atoms with Crippen LogP contribution in [0.15, 0.2) is 82.1 Å². The van der Waals surface area contributed by atoms with Crippen LogP contribution in [0, 0.1) is 72.0 Å². The molecule has 10 aromatic rings. The number of aromatic nitrogens is 11. The summed E-state index contributed by atoms with van der Waals surface area (Å²) in [5.41, 5.74) is 11.7. The van der Waals surface area contributed by atoms with Gasteiger partial charge in [0.1, 0.15) is 11.4 Å². The highest BCUT2D eigenvalue weighted by molar-refractivity contribution is 9.10. The second-order valence-corrected chi connectivity index (χ2v) is 29.9. The molecule has 108 heavy (non-hydrogen) atoms. The fourth-order valence-electron chi connectivity index (χ4n) is 10.8. The van der Waals surface area contributed by atoms with E-state index in [0.717, 1.165) is 129 Å². The number of aromatic amines is 3. The number of hydrogen-bond donors (Lipinski definition) is 9. The van der Waals surface area contributed by atoms with Crippen LogP contribution in [-0.2, 0) is 33.1 Å². The van der Waals surface area contributed by atoms with Crippen molar-refractivity contribution in [2.45, 2.75) is 136 Å². The summed E-state index contributed by atoms with van der Waals surface area (Å²) in [4.78, 5) is 81.2. The number of anilines is 2. The van der Waals surface area contributed by atoms with Gasteiger partial charge in [-0.2, -0.15) is 15.3 Å². The van der Waals surface area contributed by atoms with Crippen LogP contribution in [0.25, 0.3) is 64.7 Å². The Morgan fingerprint density at radius 2 is 0.954 bits per heavy atom. The molecule has 16 rings (SSSR count). The molecular weight excluding hydrogens is 1550 g/mol. The summed E-state index contributed by atoms with van der Waals surface area (Å²) < 4.78 is 31.4. The number of carboxylic acid groups (broad SMARTS) is 1. The SMILES string of the molecule is C.C.C#CC#CC#CC#CC#C.CC1(C)OB(c2ccc3nc(NC(=O)C4CC4)sc3c2)OC1(C)C.NC1CCOCC1.O=C(NC1CCOCC1)c1[nH]nc2ncc(-c3ccc4nc(NC(=O)C5CC5)sc4c3)cc12.O=C(NC1CCOCC1)c1[nH]nc2ncc(Br)cc12.O=C(O)c1[nH]nc2ncc(Br)cc12. The summed E-state index contributed by atoms with van der Waals surface area (Å²) in [6, 6.07) is 18.0. The molecule has 0 atom stereocenters. The summed E-state index contributed by atoms with van der Waals surface area (Å²) in [5, 5.41) is 43.8. The number of terminal acetylenes is 2. The van der Waals surface area contributed by atoms with Crippen LogP contribution in [0.5, 0.6) is 0 Å². The number of carbonyl (C=O) groups is 5. The Bertz CT molecular complexity index is 5130. The number of rotatable bonds is 11. The lowest BCUT2D eigenvalue weighted by molar-refractivity contribution is -0.118. The number of fused-ring (bicyclic) bond motifs is 5. The Hall–Kier alpha value is -9.99. The van der Waals surface area contributed by atoms with Gasteiger partial charge in [0.05, 0.1) is 47.8 Å². The van der Waals surface area contributed by atoms with Crippen molar-refractivity contribution in [3.05, 3.63) is 99.2 Å². The molecule has 0 bridgehead atoms. The standard InChI is InChI=1S/C23H22N6O3S.C17H21BN2O3S.C12H13BrN4O2.C10H2.C7H4BrN3O2.C5H11NO.2CH4/c30-21(12-1-2-12)27-23-26-17-4-3-13(10-18(17)33-23)14-9-16-19(28-29-20(16)24-11-14)22(31)25-15-5-7-32-8-6-15;1-16(2)17(3,4)23-18(22-16)11-7-8-12-13(9-11)24-15(19-12)20-14(21)10-5-6-10;13-7-5-9-10(16-17-11(9)14-6-7)12(18)15-8-1-3-19-4-2-8;1-3-5-7-9-10-8-6-4-2;8-3-1-4-5(7(12)13)10-11-6(4)9-2-3;6-5-1-3-7-4-2-5;;/h3-4,9-12,15H,1-2,5-8H2,(H,25,31)(H,24,28,29)(H,26,27,30);7-10H,5-6H2,1-4H3,(H,19,20,21);5-6,8H,1-4H2,(H,15,18)(H,14,16,17);1-2H;1-2H,(H,12,13)(H,9,10,11);5H,1-4,6H2;2*1H4. The maximum Gasteiger partial charge on any atom is 0.494 e. The first-order valence-corrected chi connectivity index (χ1v) is 37.2. The number of H-pyrrole nitrogens is 3. The number of hydrogen-bond acceptors (Lipinski definition) is 21. The number of pyridine rings is 3. The van der Waals surface area contributed by atoms with Gasteiger partial charge in [0.2, 0.25) is 11.8 Å². The van der Waals surface area contributed by atoms with E-state index in [4.69, 9.17) is 47.2 Å². The molecule has 4 aliphatic heterocycles. The largest absolute Gasteiger partial charge is 0.494 e. The molecule has 12 heterocycles. The van der Waals surface area contributed by atoms with Gasteiger partial charge in [0.15, 0.2) is 32.9 Å². The van der Waals surface area contributed by atoms with Gasteiger partial charge in [0, 0.05) is 103 Å². The maximum absolute atomic E-state index is 12.9. The number of carboxylic acids is 1.